The average Bonchev–Trinajstić information content (AvgIpc) is 2.72. The molecular formula is C24H43BaNO4. The summed E-state index contributed by atoms with van der Waals surface area (Å²) in [5.74, 6) is -0.888. The molecule has 1 aromatic rings. The van der Waals surface area contributed by atoms with Crippen LogP contribution in [0.2, 0.25) is 0 Å². The van der Waals surface area contributed by atoms with E-state index in [1.807, 2.05) is 0 Å². The number of hydrogen-bond acceptors (Lipinski definition) is 5. The summed E-state index contributed by atoms with van der Waals surface area (Å²) in [4.78, 5) is 24.7. The molecule has 0 bridgehead atoms. The van der Waals surface area contributed by atoms with Gasteiger partial charge in [-0.3, -0.25) is 0 Å². The van der Waals surface area contributed by atoms with Gasteiger partial charge in [0.2, 0.25) is 0 Å². The minimum atomic E-state index is -0.444. The molecule has 5 nitrogen and oxygen atoms in total. The quantitative estimate of drug-likeness (QED) is 0.157. The minimum absolute atomic E-state index is 0. The Morgan fingerprint density at radius 2 is 0.967 bits per heavy atom. The zero-order valence-corrected chi connectivity index (χ0v) is 18.5. The van der Waals surface area contributed by atoms with Gasteiger partial charge in [0.15, 0.2) is 0 Å². The maximum atomic E-state index is 12.4. The van der Waals surface area contributed by atoms with Gasteiger partial charge in [0.05, 0.1) is 24.3 Å². The molecule has 0 aliphatic heterocycles. The van der Waals surface area contributed by atoms with Crippen molar-refractivity contribution in [3.05, 3.63) is 35.4 Å². The summed E-state index contributed by atoms with van der Waals surface area (Å²) < 4.78 is 10.7. The van der Waals surface area contributed by atoms with Gasteiger partial charge in [-0.1, -0.05) is 90.2 Å². The topological polar surface area (TPSA) is 87.6 Å². The van der Waals surface area contributed by atoms with Crippen molar-refractivity contribution >= 4 is 60.8 Å². The standard InChI is InChI=1S/C24H38O4.Ba.H3N.2H/c1-3-5-7-9-11-15-19-27-23(25)21-17-13-14-18-22(21)24(26)28-20-16-12-10-8-6-4-2;;;;/h13-14,17-18H,3-12,15-16,19-20H2,1-2H3;;1H3;;. The molecule has 0 radical (unpaired) electrons. The van der Waals surface area contributed by atoms with E-state index in [9.17, 15) is 9.59 Å². The third-order valence-corrected chi connectivity index (χ3v) is 4.83. The van der Waals surface area contributed by atoms with E-state index in [-0.39, 0.29) is 55.0 Å². The molecule has 0 saturated carbocycles. The van der Waals surface area contributed by atoms with E-state index in [1.165, 1.54) is 51.4 Å². The molecule has 0 atom stereocenters. The average molecular weight is 547 g/mol. The molecule has 1 rings (SSSR count). The Labute approximate surface area is 223 Å². The monoisotopic (exact) mass is 547 g/mol. The van der Waals surface area contributed by atoms with Crippen LogP contribution in [0, 0.1) is 0 Å². The summed E-state index contributed by atoms with van der Waals surface area (Å²) >= 11 is 0. The van der Waals surface area contributed by atoms with Crippen molar-refractivity contribution in [1.82, 2.24) is 6.15 Å². The van der Waals surface area contributed by atoms with E-state index in [0.29, 0.717) is 24.3 Å². The van der Waals surface area contributed by atoms with Crippen molar-refractivity contribution in [2.24, 2.45) is 0 Å². The van der Waals surface area contributed by atoms with Gasteiger partial charge in [-0.05, 0) is 25.0 Å². The summed E-state index contributed by atoms with van der Waals surface area (Å²) in [7, 11) is 0. The van der Waals surface area contributed by atoms with Crippen molar-refractivity contribution in [3.63, 3.8) is 0 Å². The Balaban J connectivity index is 0. The van der Waals surface area contributed by atoms with E-state index < -0.39 is 11.9 Å². The number of benzene rings is 1. The second-order valence-electron chi connectivity index (χ2n) is 7.35. The fourth-order valence-electron chi connectivity index (χ4n) is 3.09. The number of hydrogen-bond donors (Lipinski definition) is 1. The molecule has 0 fully saturated rings. The second kappa shape index (κ2) is 21.9. The summed E-state index contributed by atoms with van der Waals surface area (Å²) in [5, 5.41) is 0. The molecule has 0 unspecified atom stereocenters. The van der Waals surface area contributed by atoms with Crippen molar-refractivity contribution in [2.75, 3.05) is 13.2 Å². The first-order valence-electron chi connectivity index (χ1n) is 11.1. The van der Waals surface area contributed by atoms with Gasteiger partial charge in [0.1, 0.15) is 0 Å². The van der Waals surface area contributed by atoms with Crippen molar-refractivity contribution in [2.45, 2.75) is 90.9 Å². The molecule has 1 aromatic carbocycles. The van der Waals surface area contributed by atoms with E-state index in [1.54, 1.807) is 24.3 Å². The van der Waals surface area contributed by atoms with Gasteiger partial charge in [-0.2, -0.15) is 0 Å². The molecule has 6 heteroatoms. The fourth-order valence-corrected chi connectivity index (χ4v) is 3.09. The van der Waals surface area contributed by atoms with Gasteiger partial charge >= 0.3 is 60.8 Å². The van der Waals surface area contributed by atoms with E-state index in [0.717, 1.165) is 25.7 Å². The van der Waals surface area contributed by atoms with Gasteiger partial charge in [0, 0.05) is 0 Å². The van der Waals surface area contributed by atoms with Crippen LogP contribution in [0.25, 0.3) is 0 Å². The summed E-state index contributed by atoms with van der Waals surface area (Å²) in [6.07, 6.45) is 13.6. The molecule has 0 heterocycles. The first kappa shape index (κ1) is 31.9. The summed E-state index contributed by atoms with van der Waals surface area (Å²) in [6, 6.07) is 6.74. The van der Waals surface area contributed by atoms with Crippen LogP contribution >= 0.6 is 0 Å². The zero-order chi connectivity index (χ0) is 20.5. The molecule has 30 heavy (non-hydrogen) atoms. The van der Waals surface area contributed by atoms with Crippen molar-refractivity contribution in [1.29, 1.82) is 0 Å². The van der Waals surface area contributed by atoms with Gasteiger partial charge in [0.25, 0.3) is 0 Å². The van der Waals surface area contributed by atoms with Crippen LogP contribution < -0.4 is 6.15 Å². The summed E-state index contributed by atoms with van der Waals surface area (Å²) in [6.45, 7) is 5.17. The molecule has 0 aliphatic rings. The second-order valence-corrected chi connectivity index (χ2v) is 7.35. The Morgan fingerprint density at radius 1 is 0.633 bits per heavy atom. The van der Waals surface area contributed by atoms with E-state index >= 15 is 0 Å². The van der Waals surface area contributed by atoms with Crippen LogP contribution in [0.15, 0.2) is 24.3 Å². The molecule has 0 aromatic heterocycles. The molecule has 170 valence electrons. The zero-order valence-electron chi connectivity index (χ0n) is 18.5. The predicted octanol–water partition coefficient (Wildman–Crippen LogP) is 5.97. The van der Waals surface area contributed by atoms with Gasteiger partial charge < -0.3 is 15.6 Å². The number of ether oxygens (including phenoxy) is 2. The number of carbonyl (C=O) groups excluding carboxylic acids is 2. The third-order valence-electron chi connectivity index (χ3n) is 4.83. The maximum absolute atomic E-state index is 12.4. The van der Waals surface area contributed by atoms with Crippen LogP contribution in [-0.4, -0.2) is 74.0 Å². The van der Waals surface area contributed by atoms with Crippen LogP contribution in [0.3, 0.4) is 0 Å². The molecule has 0 saturated heterocycles. The third kappa shape index (κ3) is 14.7. The fraction of sp³-hybridized carbons (Fsp3) is 0.667. The first-order valence-corrected chi connectivity index (χ1v) is 11.1. The van der Waals surface area contributed by atoms with Crippen LogP contribution in [0.5, 0.6) is 0 Å². The Bertz CT molecular complexity index is 517. The SMILES string of the molecule is CCCCCCCCOC(=O)c1ccccc1C(=O)OCCCCCCCC.N.[BaH2]. The van der Waals surface area contributed by atoms with Crippen LogP contribution in [-0.2, 0) is 9.47 Å². The molecular weight excluding hydrogens is 504 g/mol. The van der Waals surface area contributed by atoms with E-state index in [4.69, 9.17) is 9.47 Å². The Kier molecular flexibility index (Phi) is 23.3. The number of carbonyl (C=O) groups is 2. The number of esters is 2. The molecule has 3 N–H and O–H groups in total. The van der Waals surface area contributed by atoms with Crippen molar-refractivity contribution in [3.8, 4) is 0 Å². The molecule has 0 amide bonds. The van der Waals surface area contributed by atoms with Gasteiger partial charge in [-0.25, -0.2) is 9.59 Å². The summed E-state index contributed by atoms with van der Waals surface area (Å²) in [5.41, 5.74) is 0.586. The van der Waals surface area contributed by atoms with Crippen LogP contribution in [0.4, 0.5) is 0 Å². The predicted molar refractivity (Wildman–Crippen MR) is 127 cm³/mol. The van der Waals surface area contributed by atoms with Crippen molar-refractivity contribution < 1.29 is 19.1 Å². The molecule has 0 spiro atoms. The first-order chi connectivity index (χ1) is 13.7. The van der Waals surface area contributed by atoms with E-state index in [2.05, 4.69) is 13.8 Å². The Hall–Kier alpha value is -0.309. The van der Waals surface area contributed by atoms with Gasteiger partial charge in [-0.15, -0.1) is 0 Å². The normalized spacial score (nSPS) is 9.93. The molecule has 0 aliphatic carbocycles. The Morgan fingerprint density at radius 3 is 1.33 bits per heavy atom. The number of rotatable bonds is 16. The number of unbranched alkanes of at least 4 members (excludes halogenated alkanes) is 10. The van der Waals surface area contributed by atoms with Crippen LogP contribution in [0.1, 0.15) is 112 Å².